The number of hydrogen-bond acceptors (Lipinski definition) is 4. The van der Waals surface area contributed by atoms with Crippen molar-refractivity contribution in [3.63, 3.8) is 0 Å². The molecule has 0 saturated carbocycles. The molecule has 0 aliphatic rings. The second kappa shape index (κ2) is 6.82. The maximum Gasteiger partial charge on any atom is 0.250 e. The van der Waals surface area contributed by atoms with Gasteiger partial charge < -0.3 is 20.5 Å². The van der Waals surface area contributed by atoms with E-state index >= 15 is 0 Å². The summed E-state index contributed by atoms with van der Waals surface area (Å²) in [5.74, 6) is -0.517. The molecule has 0 atom stereocenters. The first-order valence-corrected chi connectivity index (χ1v) is 5.08. The number of halogens is 1. The van der Waals surface area contributed by atoms with E-state index in [2.05, 4.69) is 5.32 Å². The fraction of sp³-hybridized carbons (Fsp3) is 0.364. The van der Waals surface area contributed by atoms with Gasteiger partial charge in [0.25, 0.3) is 0 Å². The largest absolute Gasteiger partial charge is 0.497 e. The molecule has 0 aliphatic carbocycles. The Kier molecular flexibility index (Phi) is 5.38. The van der Waals surface area contributed by atoms with Crippen LogP contribution in [0.5, 0.6) is 5.75 Å². The van der Waals surface area contributed by atoms with Crippen molar-refractivity contribution in [3.05, 3.63) is 24.0 Å². The van der Waals surface area contributed by atoms with E-state index in [4.69, 9.17) is 15.2 Å². The average Bonchev–Trinajstić information content (AvgIpc) is 2.28. The SMILES string of the molecule is COc1cc(F)cc(NC(=O)COCCN)c1. The summed E-state index contributed by atoms with van der Waals surface area (Å²) < 4.78 is 22.9. The van der Waals surface area contributed by atoms with E-state index in [1.807, 2.05) is 0 Å². The third-order valence-corrected chi connectivity index (χ3v) is 1.89. The number of ether oxygens (including phenoxy) is 2. The van der Waals surface area contributed by atoms with Crippen LogP contribution in [0, 0.1) is 5.82 Å². The Morgan fingerprint density at radius 2 is 2.24 bits per heavy atom. The van der Waals surface area contributed by atoms with Gasteiger partial charge in [0.1, 0.15) is 18.2 Å². The van der Waals surface area contributed by atoms with E-state index in [1.54, 1.807) is 0 Å². The molecule has 1 rings (SSSR count). The molecule has 0 heterocycles. The van der Waals surface area contributed by atoms with Crippen molar-refractivity contribution in [1.29, 1.82) is 0 Å². The van der Waals surface area contributed by atoms with Gasteiger partial charge in [0.15, 0.2) is 0 Å². The highest BCUT2D eigenvalue weighted by molar-refractivity contribution is 5.91. The van der Waals surface area contributed by atoms with Gasteiger partial charge in [-0.15, -0.1) is 0 Å². The van der Waals surface area contributed by atoms with Crippen molar-refractivity contribution in [2.24, 2.45) is 5.73 Å². The Morgan fingerprint density at radius 3 is 2.88 bits per heavy atom. The molecule has 0 spiro atoms. The topological polar surface area (TPSA) is 73.6 Å². The zero-order valence-corrected chi connectivity index (χ0v) is 9.53. The minimum atomic E-state index is -0.484. The number of benzene rings is 1. The number of hydrogen-bond donors (Lipinski definition) is 2. The Bertz CT molecular complexity index is 385. The predicted molar refractivity (Wildman–Crippen MR) is 61.5 cm³/mol. The molecule has 1 amide bonds. The van der Waals surface area contributed by atoms with Gasteiger partial charge in [-0.3, -0.25) is 4.79 Å². The lowest BCUT2D eigenvalue weighted by molar-refractivity contribution is -0.120. The highest BCUT2D eigenvalue weighted by Gasteiger charge is 2.05. The quantitative estimate of drug-likeness (QED) is 0.722. The number of carbonyl (C=O) groups is 1. The summed E-state index contributed by atoms with van der Waals surface area (Å²) in [6, 6.07) is 3.94. The number of nitrogens with one attached hydrogen (secondary N) is 1. The van der Waals surface area contributed by atoms with Gasteiger partial charge in [-0.1, -0.05) is 0 Å². The van der Waals surface area contributed by atoms with Crippen molar-refractivity contribution in [1.82, 2.24) is 0 Å². The molecule has 0 aromatic heterocycles. The first kappa shape index (κ1) is 13.4. The fourth-order valence-electron chi connectivity index (χ4n) is 1.20. The molecule has 94 valence electrons. The summed E-state index contributed by atoms with van der Waals surface area (Å²) >= 11 is 0. The molecule has 1 aromatic rings. The lowest BCUT2D eigenvalue weighted by atomic mass is 10.3. The molecular weight excluding hydrogens is 227 g/mol. The van der Waals surface area contributed by atoms with Crippen LogP contribution in [0.1, 0.15) is 0 Å². The summed E-state index contributed by atoms with van der Waals surface area (Å²) in [6.45, 7) is 0.539. The van der Waals surface area contributed by atoms with Gasteiger partial charge in [0.05, 0.1) is 13.7 Å². The highest BCUT2D eigenvalue weighted by atomic mass is 19.1. The summed E-state index contributed by atoms with van der Waals surface area (Å²) in [4.78, 5) is 11.4. The number of methoxy groups -OCH3 is 1. The number of nitrogens with two attached hydrogens (primary N) is 1. The standard InChI is InChI=1S/C11H15FN2O3/c1-16-10-5-8(12)4-9(6-10)14-11(15)7-17-3-2-13/h4-6H,2-3,7,13H2,1H3,(H,14,15). The lowest BCUT2D eigenvalue weighted by Crippen LogP contribution is -2.20. The van der Waals surface area contributed by atoms with Crippen LogP contribution in [-0.2, 0) is 9.53 Å². The van der Waals surface area contributed by atoms with Crippen molar-refractivity contribution in [2.75, 3.05) is 32.2 Å². The molecule has 6 heteroatoms. The molecule has 0 radical (unpaired) electrons. The summed E-state index contributed by atoms with van der Waals surface area (Å²) in [5.41, 5.74) is 5.52. The predicted octanol–water partition coefficient (Wildman–Crippen LogP) is 0.748. The summed E-state index contributed by atoms with van der Waals surface area (Å²) in [6.07, 6.45) is 0. The van der Waals surface area contributed by atoms with Crippen LogP contribution in [0.25, 0.3) is 0 Å². The summed E-state index contributed by atoms with van der Waals surface area (Å²) in [5, 5.41) is 2.49. The van der Waals surface area contributed by atoms with Crippen molar-refractivity contribution < 1.29 is 18.7 Å². The normalized spacial score (nSPS) is 10.1. The molecular formula is C11H15FN2O3. The minimum absolute atomic E-state index is 0.115. The number of amides is 1. The van der Waals surface area contributed by atoms with Gasteiger partial charge in [-0.05, 0) is 6.07 Å². The van der Waals surface area contributed by atoms with E-state index in [0.717, 1.165) is 0 Å². The third-order valence-electron chi connectivity index (χ3n) is 1.89. The molecule has 0 aliphatic heterocycles. The number of anilines is 1. The number of rotatable bonds is 6. The zero-order chi connectivity index (χ0) is 12.7. The van der Waals surface area contributed by atoms with Crippen LogP contribution >= 0.6 is 0 Å². The van der Waals surface area contributed by atoms with Crippen molar-refractivity contribution in [3.8, 4) is 5.75 Å². The van der Waals surface area contributed by atoms with E-state index in [0.29, 0.717) is 24.6 Å². The first-order valence-electron chi connectivity index (χ1n) is 5.08. The van der Waals surface area contributed by atoms with Crippen LogP contribution in [0.15, 0.2) is 18.2 Å². The monoisotopic (exact) mass is 242 g/mol. The van der Waals surface area contributed by atoms with Crippen LogP contribution in [-0.4, -0.2) is 32.8 Å². The Morgan fingerprint density at radius 1 is 1.47 bits per heavy atom. The number of carbonyl (C=O) groups excluding carboxylic acids is 1. The van der Waals surface area contributed by atoms with Gasteiger partial charge in [0.2, 0.25) is 5.91 Å². The Hall–Kier alpha value is -1.66. The molecule has 5 nitrogen and oxygen atoms in total. The second-order valence-corrected chi connectivity index (χ2v) is 3.27. The van der Waals surface area contributed by atoms with Gasteiger partial charge in [-0.25, -0.2) is 4.39 Å². The van der Waals surface area contributed by atoms with Crippen LogP contribution < -0.4 is 15.8 Å². The Labute approximate surface area is 98.7 Å². The maximum absolute atomic E-state index is 13.1. The molecule has 0 fully saturated rings. The lowest BCUT2D eigenvalue weighted by Gasteiger charge is -2.07. The van der Waals surface area contributed by atoms with E-state index < -0.39 is 5.82 Å². The van der Waals surface area contributed by atoms with Crippen molar-refractivity contribution >= 4 is 11.6 Å². The van der Waals surface area contributed by atoms with Gasteiger partial charge in [-0.2, -0.15) is 0 Å². The maximum atomic E-state index is 13.1. The van der Waals surface area contributed by atoms with E-state index in [-0.39, 0.29) is 12.5 Å². The zero-order valence-electron chi connectivity index (χ0n) is 9.53. The first-order chi connectivity index (χ1) is 8.15. The fourth-order valence-corrected chi connectivity index (χ4v) is 1.20. The van der Waals surface area contributed by atoms with E-state index in [1.165, 1.54) is 25.3 Å². The summed E-state index contributed by atoms with van der Waals surface area (Å²) in [7, 11) is 1.42. The van der Waals surface area contributed by atoms with Crippen LogP contribution in [0.3, 0.4) is 0 Å². The second-order valence-electron chi connectivity index (χ2n) is 3.27. The minimum Gasteiger partial charge on any atom is -0.497 e. The molecule has 3 N–H and O–H groups in total. The molecule has 1 aromatic carbocycles. The smallest absolute Gasteiger partial charge is 0.250 e. The van der Waals surface area contributed by atoms with Gasteiger partial charge in [0, 0.05) is 24.4 Å². The highest BCUT2D eigenvalue weighted by Crippen LogP contribution is 2.19. The molecule has 17 heavy (non-hydrogen) atoms. The molecule has 0 saturated heterocycles. The van der Waals surface area contributed by atoms with E-state index in [9.17, 15) is 9.18 Å². The molecule has 0 unspecified atom stereocenters. The van der Waals surface area contributed by atoms with Crippen LogP contribution in [0.4, 0.5) is 10.1 Å². The van der Waals surface area contributed by atoms with Crippen LogP contribution in [0.2, 0.25) is 0 Å². The van der Waals surface area contributed by atoms with Crippen molar-refractivity contribution in [2.45, 2.75) is 0 Å². The van der Waals surface area contributed by atoms with Gasteiger partial charge >= 0.3 is 0 Å². The third kappa shape index (κ3) is 4.80. The molecule has 0 bridgehead atoms. The average molecular weight is 242 g/mol. The Balaban J connectivity index is 2.55.